The predicted molar refractivity (Wildman–Crippen MR) is 108 cm³/mol. The number of para-hydroxylation sites is 1. The molecule has 132 valence electrons. The summed E-state index contributed by atoms with van der Waals surface area (Å²) in [6.45, 7) is 1.09. The molecule has 1 heterocycles. The van der Waals surface area contributed by atoms with E-state index in [1.54, 1.807) is 0 Å². The Balaban J connectivity index is 1.66. The molecule has 1 amide bonds. The first kappa shape index (κ1) is 17.0. The molecular formula is C24H20N2O. The van der Waals surface area contributed by atoms with E-state index in [0.717, 1.165) is 22.0 Å². The average Bonchev–Trinajstić information content (AvgIpc) is 2.74. The number of carbonyl (C=O) groups excluding carboxylic acids is 1. The molecule has 3 aromatic carbocycles. The fraction of sp³-hybridized carbons (Fsp3) is 0.0833. The van der Waals surface area contributed by atoms with Gasteiger partial charge in [-0.1, -0.05) is 84.9 Å². The monoisotopic (exact) mass is 352 g/mol. The van der Waals surface area contributed by atoms with Gasteiger partial charge in [0.15, 0.2) is 0 Å². The molecule has 0 radical (unpaired) electrons. The molecule has 0 N–H and O–H groups in total. The van der Waals surface area contributed by atoms with Crippen LogP contribution in [0.3, 0.4) is 0 Å². The molecule has 3 nitrogen and oxygen atoms in total. The largest absolute Gasteiger partial charge is 0.329 e. The quantitative estimate of drug-likeness (QED) is 0.502. The van der Waals surface area contributed by atoms with Crippen molar-refractivity contribution in [3.63, 3.8) is 0 Å². The third kappa shape index (κ3) is 4.04. The number of hydrogen-bond donors (Lipinski definition) is 0. The lowest BCUT2D eigenvalue weighted by molar-refractivity contribution is 0.0724. The molecule has 4 aromatic rings. The van der Waals surface area contributed by atoms with E-state index in [1.165, 1.54) is 0 Å². The number of aromatic nitrogens is 1. The lowest BCUT2D eigenvalue weighted by Gasteiger charge is -2.23. The Morgan fingerprint density at radius 2 is 1.22 bits per heavy atom. The summed E-state index contributed by atoms with van der Waals surface area (Å²) in [6, 6.07) is 31.7. The standard InChI is InChI=1S/C24H20N2O/c27-24(23-16-15-21-13-7-8-14-22(21)25-23)26(17-19-9-3-1-4-10-19)18-20-11-5-2-6-12-20/h1-16H,17-18H2. The molecule has 4 rings (SSSR count). The summed E-state index contributed by atoms with van der Waals surface area (Å²) in [4.78, 5) is 19.7. The van der Waals surface area contributed by atoms with Crippen molar-refractivity contribution >= 4 is 16.8 Å². The minimum absolute atomic E-state index is 0.0616. The maximum absolute atomic E-state index is 13.3. The highest BCUT2D eigenvalue weighted by molar-refractivity contribution is 5.94. The molecule has 0 unspecified atom stereocenters. The maximum atomic E-state index is 13.3. The highest BCUT2D eigenvalue weighted by Gasteiger charge is 2.18. The summed E-state index contributed by atoms with van der Waals surface area (Å²) in [5.41, 5.74) is 3.51. The zero-order chi connectivity index (χ0) is 18.5. The van der Waals surface area contributed by atoms with Gasteiger partial charge in [-0.2, -0.15) is 0 Å². The van der Waals surface area contributed by atoms with E-state index in [9.17, 15) is 4.79 Å². The molecule has 0 spiro atoms. The van der Waals surface area contributed by atoms with Gasteiger partial charge in [0.1, 0.15) is 5.69 Å². The van der Waals surface area contributed by atoms with Gasteiger partial charge in [-0.05, 0) is 23.3 Å². The number of pyridine rings is 1. The Morgan fingerprint density at radius 1 is 0.667 bits per heavy atom. The van der Waals surface area contributed by atoms with Crippen LogP contribution in [0, 0.1) is 0 Å². The van der Waals surface area contributed by atoms with Gasteiger partial charge in [-0.15, -0.1) is 0 Å². The zero-order valence-electron chi connectivity index (χ0n) is 15.0. The number of hydrogen-bond acceptors (Lipinski definition) is 2. The first-order valence-corrected chi connectivity index (χ1v) is 9.02. The van der Waals surface area contributed by atoms with Gasteiger partial charge < -0.3 is 4.90 Å². The molecule has 0 atom stereocenters. The Bertz CT molecular complexity index is 1000. The van der Waals surface area contributed by atoms with E-state index in [0.29, 0.717) is 18.8 Å². The van der Waals surface area contributed by atoms with E-state index >= 15 is 0 Å². The van der Waals surface area contributed by atoms with Crippen LogP contribution in [0.25, 0.3) is 10.9 Å². The van der Waals surface area contributed by atoms with Crippen LogP contribution in [-0.4, -0.2) is 15.8 Å². The van der Waals surface area contributed by atoms with E-state index in [4.69, 9.17) is 0 Å². The minimum atomic E-state index is -0.0616. The number of carbonyl (C=O) groups is 1. The maximum Gasteiger partial charge on any atom is 0.273 e. The van der Waals surface area contributed by atoms with Crippen molar-refractivity contribution in [2.75, 3.05) is 0 Å². The van der Waals surface area contributed by atoms with Gasteiger partial charge in [0.2, 0.25) is 0 Å². The minimum Gasteiger partial charge on any atom is -0.329 e. The molecule has 0 bridgehead atoms. The van der Waals surface area contributed by atoms with Crippen molar-refractivity contribution in [3.05, 3.63) is 114 Å². The molecule has 0 fully saturated rings. The summed E-state index contributed by atoms with van der Waals surface area (Å²) in [5, 5.41) is 1.03. The lowest BCUT2D eigenvalue weighted by atomic mass is 10.1. The van der Waals surface area contributed by atoms with Crippen molar-refractivity contribution < 1.29 is 4.79 Å². The first-order valence-electron chi connectivity index (χ1n) is 9.02. The third-order valence-corrected chi connectivity index (χ3v) is 4.54. The predicted octanol–water partition coefficient (Wildman–Crippen LogP) is 5.08. The van der Waals surface area contributed by atoms with Gasteiger partial charge in [0.05, 0.1) is 5.52 Å². The van der Waals surface area contributed by atoms with Gasteiger partial charge in [0.25, 0.3) is 5.91 Å². The van der Waals surface area contributed by atoms with Gasteiger partial charge >= 0.3 is 0 Å². The van der Waals surface area contributed by atoms with Crippen LogP contribution in [0.1, 0.15) is 21.6 Å². The van der Waals surface area contributed by atoms with Gasteiger partial charge in [0, 0.05) is 18.5 Å². The molecule has 0 aliphatic carbocycles. The van der Waals surface area contributed by atoms with Crippen LogP contribution in [0.4, 0.5) is 0 Å². The van der Waals surface area contributed by atoms with Crippen LogP contribution in [-0.2, 0) is 13.1 Å². The topological polar surface area (TPSA) is 33.2 Å². The second kappa shape index (κ2) is 7.83. The number of fused-ring (bicyclic) bond motifs is 1. The fourth-order valence-electron chi connectivity index (χ4n) is 3.15. The van der Waals surface area contributed by atoms with E-state index in [-0.39, 0.29) is 5.91 Å². The smallest absolute Gasteiger partial charge is 0.273 e. The van der Waals surface area contributed by atoms with E-state index in [2.05, 4.69) is 4.98 Å². The highest BCUT2D eigenvalue weighted by atomic mass is 16.2. The summed E-state index contributed by atoms with van der Waals surface area (Å²) < 4.78 is 0. The Hall–Kier alpha value is -3.46. The molecule has 1 aromatic heterocycles. The van der Waals surface area contributed by atoms with Crippen LogP contribution in [0.2, 0.25) is 0 Å². The van der Waals surface area contributed by atoms with Gasteiger partial charge in [-0.3, -0.25) is 4.79 Å². The molecular weight excluding hydrogens is 332 g/mol. The highest BCUT2D eigenvalue weighted by Crippen LogP contribution is 2.16. The number of benzene rings is 3. The Kier molecular flexibility index (Phi) is 4.93. The van der Waals surface area contributed by atoms with E-state index < -0.39 is 0 Å². The first-order chi connectivity index (χ1) is 13.3. The molecule has 0 aliphatic rings. The lowest BCUT2D eigenvalue weighted by Crippen LogP contribution is -2.30. The number of nitrogens with zero attached hydrogens (tertiary/aromatic N) is 2. The van der Waals surface area contributed by atoms with Crippen LogP contribution < -0.4 is 0 Å². The van der Waals surface area contributed by atoms with Crippen molar-refractivity contribution in [2.45, 2.75) is 13.1 Å². The molecule has 0 aliphatic heterocycles. The Labute approximate surface area is 158 Å². The van der Waals surface area contributed by atoms with Crippen LogP contribution in [0.15, 0.2) is 97.1 Å². The normalized spacial score (nSPS) is 10.7. The number of amides is 1. The summed E-state index contributed by atoms with van der Waals surface area (Å²) >= 11 is 0. The van der Waals surface area contributed by atoms with Crippen LogP contribution in [0.5, 0.6) is 0 Å². The summed E-state index contributed by atoms with van der Waals surface area (Å²) in [6.07, 6.45) is 0. The van der Waals surface area contributed by atoms with E-state index in [1.807, 2.05) is 102 Å². The van der Waals surface area contributed by atoms with Crippen LogP contribution >= 0.6 is 0 Å². The van der Waals surface area contributed by atoms with Crippen molar-refractivity contribution in [2.24, 2.45) is 0 Å². The summed E-state index contributed by atoms with van der Waals surface area (Å²) in [5.74, 6) is -0.0616. The molecule has 27 heavy (non-hydrogen) atoms. The zero-order valence-corrected chi connectivity index (χ0v) is 15.0. The third-order valence-electron chi connectivity index (χ3n) is 4.54. The van der Waals surface area contributed by atoms with Crippen molar-refractivity contribution in [1.29, 1.82) is 0 Å². The molecule has 3 heteroatoms. The van der Waals surface area contributed by atoms with Gasteiger partial charge in [-0.25, -0.2) is 4.98 Å². The van der Waals surface area contributed by atoms with Crippen molar-refractivity contribution in [1.82, 2.24) is 9.88 Å². The summed E-state index contributed by atoms with van der Waals surface area (Å²) in [7, 11) is 0. The number of rotatable bonds is 5. The SMILES string of the molecule is O=C(c1ccc2ccccc2n1)N(Cc1ccccc1)Cc1ccccc1. The molecule has 0 saturated heterocycles. The second-order valence-electron chi connectivity index (χ2n) is 6.52. The molecule has 0 saturated carbocycles. The van der Waals surface area contributed by atoms with Crippen molar-refractivity contribution in [3.8, 4) is 0 Å². The second-order valence-corrected chi connectivity index (χ2v) is 6.52. The average molecular weight is 352 g/mol. The fourth-order valence-corrected chi connectivity index (χ4v) is 3.15. The Morgan fingerprint density at radius 3 is 1.85 bits per heavy atom.